The molecule has 0 amide bonds. The average molecular weight is 408 g/mol. The van der Waals surface area contributed by atoms with Gasteiger partial charge in [-0.25, -0.2) is 15.0 Å². The number of anilines is 2. The molecule has 0 fully saturated rings. The van der Waals surface area contributed by atoms with Crippen LogP contribution in [0.15, 0.2) is 22.2 Å². The fraction of sp³-hybridized carbons (Fsp3) is 0.267. The molecule has 118 valence electrons. The molecule has 0 bridgehead atoms. The molecule has 2 N–H and O–H groups in total. The van der Waals surface area contributed by atoms with E-state index in [0.29, 0.717) is 5.82 Å². The molecule has 4 heterocycles. The van der Waals surface area contributed by atoms with Crippen molar-refractivity contribution in [3.05, 3.63) is 37.7 Å². The third-order valence-corrected chi connectivity index (χ3v) is 6.63. The van der Waals surface area contributed by atoms with Crippen LogP contribution in [0.25, 0.3) is 10.6 Å². The molecule has 0 aliphatic carbocycles. The average Bonchev–Trinajstić information content (AvgIpc) is 3.15. The van der Waals surface area contributed by atoms with Crippen molar-refractivity contribution in [3.8, 4) is 10.6 Å². The summed E-state index contributed by atoms with van der Waals surface area (Å²) in [6, 6.07) is 2.26. The molecule has 3 aromatic rings. The number of nitrogens with zero attached hydrogens (tertiary/aromatic N) is 4. The molecule has 0 atom stereocenters. The van der Waals surface area contributed by atoms with Gasteiger partial charge in [-0.2, -0.15) is 0 Å². The molecule has 0 saturated heterocycles. The minimum atomic E-state index is 0.477. The largest absolute Gasteiger partial charge is 0.383 e. The molecular weight excluding hydrogens is 394 g/mol. The van der Waals surface area contributed by atoms with Gasteiger partial charge in [0.25, 0.3) is 0 Å². The Morgan fingerprint density at radius 2 is 2.22 bits per heavy atom. The van der Waals surface area contributed by atoms with E-state index in [4.69, 9.17) is 5.73 Å². The highest BCUT2D eigenvalue weighted by Crippen LogP contribution is 2.37. The van der Waals surface area contributed by atoms with Crippen LogP contribution < -0.4 is 10.6 Å². The highest BCUT2D eigenvalue weighted by molar-refractivity contribution is 9.10. The van der Waals surface area contributed by atoms with E-state index >= 15 is 0 Å². The second-order valence-electron chi connectivity index (χ2n) is 5.38. The summed E-state index contributed by atoms with van der Waals surface area (Å²) in [5, 5.41) is 3.24. The van der Waals surface area contributed by atoms with E-state index < -0.39 is 0 Å². The zero-order chi connectivity index (χ0) is 16.0. The number of aromatic nitrogens is 3. The van der Waals surface area contributed by atoms with Crippen LogP contribution in [0.4, 0.5) is 11.6 Å². The van der Waals surface area contributed by atoms with Gasteiger partial charge in [0.1, 0.15) is 22.4 Å². The number of halogens is 1. The van der Waals surface area contributed by atoms with Crippen molar-refractivity contribution in [1.29, 1.82) is 0 Å². The molecule has 8 heteroatoms. The lowest BCUT2D eigenvalue weighted by molar-refractivity contribution is 0.728. The lowest BCUT2D eigenvalue weighted by Crippen LogP contribution is -2.30. The standard InChI is InChI=1S/C15H14BrN5S2/c1-8-20-10(6-22-8)12-4-9-5-21(3-2-11(9)23-12)15-13(16)14(17)18-7-19-15/h4,6-7H,2-3,5H2,1H3,(H2,17,18,19). The Labute approximate surface area is 150 Å². The number of thiazole rings is 1. The van der Waals surface area contributed by atoms with Crippen molar-refractivity contribution in [2.75, 3.05) is 17.2 Å². The van der Waals surface area contributed by atoms with Crippen LogP contribution in [0.3, 0.4) is 0 Å². The Hall–Kier alpha value is -1.51. The molecular formula is C15H14BrN5S2. The Kier molecular flexibility index (Phi) is 3.82. The fourth-order valence-corrected chi connectivity index (χ4v) is 4.98. The summed E-state index contributed by atoms with van der Waals surface area (Å²) in [6.45, 7) is 3.81. The van der Waals surface area contributed by atoms with E-state index in [-0.39, 0.29) is 0 Å². The minimum Gasteiger partial charge on any atom is -0.383 e. The quantitative estimate of drug-likeness (QED) is 0.697. The lowest BCUT2D eigenvalue weighted by Gasteiger charge is -2.28. The molecule has 0 spiro atoms. The smallest absolute Gasteiger partial charge is 0.148 e. The van der Waals surface area contributed by atoms with Gasteiger partial charge < -0.3 is 10.6 Å². The third kappa shape index (κ3) is 2.75. The molecule has 0 aromatic carbocycles. The Bertz CT molecular complexity index is 873. The predicted octanol–water partition coefficient (Wildman–Crippen LogP) is 3.88. The molecule has 0 unspecified atom stereocenters. The summed E-state index contributed by atoms with van der Waals surface area (Å²) in [5.41, 5.74) is 8.32. The molecule has 3 aromatic heterocycles. The highest BCUT2D eigenvalue weighted by Gasteiger charge is 2.23. The minimum absolute atomic E-state index is 0.477. The first-order chi connectivity index (χ1) is 11.1. The number of fused-ring (bicyclic) bond motifs is 1. The first-order valence-corrected chi connectivity index (χ1v) is 9.65. The number of hydrogen-bond donors (Lipinski definition) is 1. The number of rotatable bonds is 2. The van der Waals surface area contributed by atoms with Gasteiger partial charge in [-0.1, -0.05) is 0 Å². The predicted molar refractivity (Wildman–Crippen MR) is 99.1 cm³/mol. The second kappa shape index (κ2) is 5.85. The van der Waals surface area contributed by atoms with Gasteiger partial charge in [0, 0.05) is 23.3 Å². The number of thiophene rings is 1. The Morgan fingerprint density at radius 1 is 1.35 bits per heavy atom. The van der Waals surface area contributed by atoms with E-state index in [2.05, 4.69) is 47.2 Å². The summed E-state index contributed by atoms with van der Waals surface area (Å²) in [5.74, 6) is 1.34. The number of nitrogen functional groups attached to an aromatic ring is 1. The fourth-order valence-electron chi connectivity index (χ4n) is 2.71. The highest BCUT2D eigenvalue weighted by atomic mass is 79.9. The van der Waals surface area contributed by atoms with Crippen molar-refractivity contribution >= 4 is 50.2 Å². The molecule has 0 radical (unpaired) electrons. The number of nitrogens with two attached hydrogens (primary N) is 1. The van der Waals surface area contributed by atoms with Crippen molar-refractivity contribution in [3.63, 3.8) is 0 Å². The second-order valence-corrected chi connectivity index (χ2v) is 8.37. The monoisotopic (exact) mass is 407 g/mol. The summed E-state index contributed by atoms with van der Waals surface area (Å²) in [6.07, 6.45) is 2.53. The van der Waals surface area contributed by atoms with Gasteiger partial charge in [0.2, 0.25) is 0 Å². The zero-order valence-corrected chi connectivity index (χ0v) is 15.6. The molecule has 1 aliphatic heterocycles. The van der Waals surface area contributed by atoms with Gasteiger partial charge in [0.15, 0.2) is 0 Å². The summed E-state index contributed by atoms with van der Waals surface area (Å²) >= 11 is 7.05. The number of hydrogen-bond acceptors (Lipinski definition) is 7. The van der Waals surface area contributed by atoms with E-state index in [9.17, 15) is 0 Å². The van der Waals surface area contributed by atoms with Crippen LogP contribution in [0, 0.1) is 6.92 Å². The maximum Gasteiger partial charge on any atom is 0.148 e. The third-order valence-electron chi connectivity index (χ3n) is 3.84. The van der Waals surface area contributed by atoms with E-state index in [1.807, 2.05) is 18.3 Å². The summed E-state index contributed by atoms with van der Waals surface area (Å²) in [4.78, 5) is 17.9. The number of aryl methyl sites for hydroxylation is 1. The maximum absolute atomic E-state index is 5.87. The zero-order valence-electron chi connectivity index (χ0n) is 12.4. The van der Waals surface area contributed by atoms with Crippen LogP contribution in [0.1, 0.15) is 15.4 Å². The van der Waals surface area contributed by atoms with Gasteiger partial charge in [-0.15, -0.1) is 22.7 Å². The first kappa shape index (κ1) is 15.0. The van der Waals surface area contributed by atoms with Crippen molar-refractivity contribution in [2.24, 2.45) is 0 Å². The summed E-state index contributed by atoms with van der Waals surface area (Å²) in [7, 11) is 0. The Morgan fingerprint density at radius 3 is 3.00 bits per heavy atom. The molecule has 5 nitrogen and oxygen atoms in total. The van der Waals surface area contributed by atoms with Gasteiger partial charge >= 0.3 is 0 Å². The Balaban J connectivity index is 1.65. The van der Waals surface area contributed by atoms with Crippen LogP contribution in [-0.4, -0.2) is 21.5 Å². The molecule has 23 heavy (non-hydrogen) atoms. The molecule has 1 aliphatic rings. The van der Waals surface area contributed by atoms with Crippen molar-refractivity contribution in [1.82, 2.24) is 15.0 Å². The van der Waals surface area contributed by atoms with E-state index in [0.717, 1.165) is 40.5 Å². The maximum atomic E-state index is 5.87. The topological polar surface area (TPSA) is 67.9 Å². The van der Waals surface area contributed by atoms with E-state index in [1.54, 1.807) is 11.3 Å². The summed E-state index contributed by atoms with van der Waals surface area (Å²) < 4.78 is 0.772. The molecule has 0 saturated carbocycles. The lowest BCUT2D eigenvalue weighted by atomic mass is 10.1. The SMILES string of the molecule is Cc1nc(-c2cc3c(s2)CCN(c2ncnc(N)c2Br)C3)cs1. The molecule has 4 rings (SSSR count). The van der Waals surface area contributed by atoms with Crippen molar-refractivity contribution < 1.29 is 0 Å². The van der Waals surface area contributed by atoms with Crippen LogP contribution in [-0.2, 0) is 13.0 Å². The van der Waals surface area contributed by atoms with Gasteiger partial charge in [-0.3, -0.25) is 0 Å². The van der Waals surface area contributed by atoms with E-state index in [1.165, 1.54) is 21.6 Å². The normalized spacial score (nSPS) is 14.1. The van der Waals surface area contributed by atoms with Crippen LogP contribution in [0.5, 0.6) is 0 Å². The van der Waals surface area contributed by atoms with Gasteiger partial charge in [-0.05, 0) is 40.9 Å². The van der Waals surface area contributed by atoms with Crippen LogP contribution in [0.2, 0.25) is 0 Å². The van der Waals surface area contributed by atoms with Crippen LogP contribution >= 0.6 is 38.6 Å². The first-order valence-electron chi connectivity index (χ1n) is 7.17. The van der Waals surface area contributed by atoms with Crippen molar-refractivity contribution in [2.45, 2.75) is 19.9 Å². The van der Waals surface area contributed by atoms with Gasteiger partial charge in [0.05, 0.1) is 15.6 Å².